The molecule has 0 aliphatic heterocycles. The summed E-state index contributed by atoms with van der Waals surface area (Å²) in [5, 5.41) is 9.55. The van der Waals surface area contributed by atoms with Gasteiger partial charge in [0.2, 0.25) is 0 Å². The van der Waals surface area contributed by atoms with Crippen LogP contribution in [0.4, 0.5) is 0 Å². The summed E-state index contributed by atoms with van der Waals surface area (Å²) in [5.41, 5.74) is 0. The minimum absolute atomic E-state index is 0.143. The maximum Gasteiger partial charge on any atom is 0.308 e. The number of hydrogen-bond acceptors (Lipinski definition) is 2. The van der Waals surface area contributed by atoms with Crippen molar-refractivity contribution in [1.29, 1.82) is 0 Å². The highest BCUT2D eigenvalue weighted by atomic mass is 16.4. The quantitative estimate of drug-likeness (QED) is 0.830. The zero-order valence-electron chi connectivity index (χ0n) is 13.2. The van der Waals surface area contributed by atoms with E-state index < -0.39 is 5.97 Å². The third-order valence-corrected chi connectivity index (χ3v) is 5.61. The molecule has 0 amide bonds. The maximum absolute atomic E-state index is 11.6. The Morgan fingerprint density at radius 2 is 1.85 bits per heavy atom. The van der Waals surface area contributed by atoms with Crippen LogP contribution in [0.15, 0.2) is 0 Å². The summed E-state index contributed by atoms with van der Waals surface area (Å²) in [6, 6.07) is 0.886. The van der Waals surface area contributed by atoms with Crippen molar-refractivity contribution >= 4 is 5.97 Å². The first kappa shape index (κ1) is 15.8. The topological polar surface area (TPSA) is 40.5 Å². The highest BCUT2D eigenvalue weighted by Crippen LogP contribution is 2.37. The fourth-order valence-corrected chi connectivity index (χ4v) is 4.40. The van der Waals surface area contributed by atoms with Crippen LogP contribution in [0, 0.1) is 11.8 Å². The Labute approximate surface area is 123 Å². The molecule has 0 aromatic rings. The standard InChI is InChI=1S/C17H31NO2/c1-3-7-13-10-11-15(17(19)20)16(12-13)18(2)14-8-5-4-6-9-14/h13-16H,3-12H2,1-2H3,(H,19,20). The SMILES string of the molecule is CCCC1CCC(C(=O)O)C(N(C)C2CCCCC2)C1. The van der Waals surface area contributed by atoms with E-state index in [-0.39, 0.29) is 12.0 Å². The van der Waals surface area contributed by atoms with E-state index in [9.17, 15) is 9.90 Å². The molecule has 3 atom stereocenters. The maximum atomic E-state index is 11.6. The molecule has 2 aliphatic carbocycles. The van der Waals surface area contributed by atoms with Gasteiger partial charge in [-0.2, -0.15) is 0 Å². The van der Waals surface area contributed by atoms with E-state index in [1.54, 1.807) is 0 Å². The van der Waals surface area contributed by atoms with Gasteiger partial charge in [-0.15, -0.1) is 0 Å². The van der Waals surface area contributed by atoms with Crippen molar-refractivity contribution in [1.82, 2.24) is 4.90 Å². The molecule has 1 N–H and O–H groups in total. The Balaban J connectivity index is 2.03. The molecule has 2 rings (SSSR count). The second-order valence-electron chi connectivity index (χ2n) is 6.94. The minimum Gasteiger partial charge on any atom is -0.481 e. The first-order valence-electron chi connectivity index (χ1n) is 8.58. The van der Waals surface area contributed by atoms with Gasteiger partial charge in [-0.25, -0.2) is 0 Å². The van der Waals surface area contributed by atoms with Crippen LogP contribution in [-0.2, 0) is 4.79 Å². The van der Waals surface area contributed by atoms with Crippen molar-refractivity contribution in [3.8, 4) is 0 Å². The predicted octanol–water partition coefficient (Wildman–Crippen LogP) is 3.92. The second-order valence-corrected chi connectivity index (χ2v) is 6.94. The van der Waals surface area contributed by atoms with Gasteiger partial charge < -0.3 is 5.11 Å². The van der Waals surface area contributed by atoms with E-state index >= 15 is 0 Å². The molecule has 3 nitrogen and oxygen atoms in total. The lowest BCUT2D eigenvalue weighted by Gasteiger charge is -2.44. The first-order chi connectivity index (χ1) is 9.63. The van der Waals surface area contributed by atoms with Gasteiger partial charge in [0.05, 0.1) is 5.92 Å². The van der Waals surface area contributed by atoms with Gasteiger partial charge in [-0.05, 0) is 45.1 Å². The Kier molecular flexibility index (Phi) is 5.88. The second kappa shape index (κ2) is 7.44. The number of hydrogen-bond donors (Lipinski definition) is 1. The molecule has 0 aromatic heterocycles. The summed E-state index contributed by atoms with van der Waals surface area (Å²) in [6.07, 6.45) is 12.1. The molecule has 0 aromatic carbocycles. The summed E-state index contributed by atoms with van der Waals surface area (Å²) in [5.74, 6) is 0.0225. The van der Waals surface area contributed by atoms with Crippen LogP contribution < -0.4 is 0 Å². The molecule has 0 radical (unpaired) electrons. The van der Waals surface area contributed by atoms with Gasteiger partial charge in [-0.3, -0.25) is 9.69 Å². The van der Waals surface area contributed by atoms with Gasteiger partial charge in [0.1, 0.15) is 0 Å². The fourth-order valence-electron chi connectivity index (χ4n) is 4.40. The molecular formula is C17H31NO2. The zero-order chi connectivity index (χ0) is 14.5. The van der Waals surface area contributed by atoms with E-state index in [1.807, 2.05) is 0 Å². The number of aliphatic carboxylic acids is 1. The molecule has 3 unspecified atom stereocenters. The number of carbonyl (C=O) groups is 1. The first-order valence-corrected chi connectivity index (χ1v) is 8.58. The highest BCUT2D eigenvalue weighted by Gasteiger charge is 2.39. The van der Waals surface area contributed by atoms with Crippen LogP contribution in [0.3, 0.4) is 0 Å². The van der Waals surface area contributed by atoms with Gasteiger partial charge in [0, 0.05) is 12.1 Å². The van der Waals surface area contributed by atoms with Gasteiger partial charge in [0.25, 0.3) is 0 Å². The van der Waals surface area contributed by atoms with Gasteiger partial charge in [0.15, 0.2) is 0 Å². The fraction of sp³-hybridized carbons (Fsp3) is 0.941. The molecule has 0 saturated heterocycles. The highest BCUT2D eigenvalue weighted by molar-refractivity contribution is 5.71. The van der Waals surface area contributed by atoms with Crippen LogP contribution in [0.25, 0.3) is 0 Å². The van der Waals surface area contributed by atoms with Crippen molar-refractivity contribution in [3.63, 3.8) is 0 Å². The molecule has 2 saturated carbocycles. The summed E-state index contributed by atoms with van der Waals surface area (Å²) < 4.78 is 0. The van der Waals surface area contributed by atoms with E-state index in [0.29, 0.717) is 6.04 Å². The number of nitrogens with zero attached hydrogens (tertiary/aromatic N) is 1. The lowest BCUT2D eigenvalue weighted by atomic mass is 9.75. The molecule has 2 aliphatic rings. The van der Waals surface area contributed by atoms with Crippen molar-refractivity contribution in [2.24, 2.45) is 11.8 Å². The summed E-state index contributed by atoms with van der Waals surface area (Å²) in [6.45, 7) is 2.24. The number of carboxylic acid groups (broad SMARTS) is 1. The zero-order valence-corrected chi connectivity index (χ0v) is 13.2. The Morgan fingerprint density at radius 1 is 1.15 bits per heavy atom. The van der Waals surface area contributed by atoms with Gasteiger partial charge >= 0.3 is 5.97 Å². The van der Waals surface area contributed by atoms with Crippen molar-refractivity contribution in [2.75, 3.05) is 7.05 Å². The number of rotatable bonds is 5. The van der Waals surface area contributed by atoms with Crippen LogP contribution in [0.2, 0.25) is 0 Å². The average Bonchev–Trinajstić information content (AvgIpc) is 2.47. The molecular weight excluding hydrogens is 250 g/mol. The summed E-state index contributed by atoms with van der Waals surface area (Å²) >= 11 is 0. The number of carboxylic acids is 1. The molecule has 20 heavy (non-hydrogen) atoms. The third kappa shape index (κ3) is 3.75. The molecule has 2 fully saturated rings. The van der Waals surface area contributed by atoms with E-state index in [1.165, 1.54) is 44.9 Å². The predicted molar refractivity (Wildman–Crippen MR) is 81.8 cm³/mol. The lowest BCUT2D eigenvalue weighted by molar-refractivity contribution is -0.146. The van der Waals surface area contributed by atoms with Crippen LogP contribution >= 0.6 is 0 Å². The summed E-state index contributed by atoms with van der Waals surface area (Å²) in [4.78, 5) is 14.0. The van der Waals surface area contributed by atoms with Gasteiger partial charge in [-0.1, -0.05) is 39.0 Å². The monoisotopic (exact) mass is 281 g/mol. The Bertz CT molecular complexity index is 312. The van der Waals surface area contributed by atoms with E-state index in [2.05, 4.69) is 18.9 Å². The van der Waals surface area contributed by atoms with Crippen molar-refractivity contribution in [2.45, 2.75) is 83.2 Å². The summed E-state index contributed by atoms with van der Waals surface area (Å²) in [7, 11) is 2.19. The van der Waals surface area contributed by atoms with Crippen LogP contribution in [0.5, 0.6) is 0 Å². The smallest absolute Gasteiger partial charge is 0.308 e. The van der Waals surface area contributed by atoms with E-state index in [4.69, 9.17) is 0 Å². The minimum atomic E-state index is -0.576. The van der Waals surface area contributed by atoms with Crippen LogP contribution in [0.1, 0.15) is 71.1 Å². The Morgan fingerprint density at radius 3 is 2.45 bits per heavy atom. The third-order valence-electron chi connectivity index (χ3n) is 5.61. The normalized spacial score (nSPS) is 32.5. The van der Waals surface area contributed by atoms with Crippen molar-refractivity contribution in [3.05, 3.63) is 0 Å². The Hall–Kier alpha value is -0.570. The molecule has 116 valence electrons. The molecule has 0 heterocycles. The van der Waals surface area contributed by atoms with Crippen molar-refractivity contribution < 1.29 is 9.90 Å². The average molecular weight is 281 g/mol. The largest absolute Gasteiger partial charge is 0.481 e. The lowest BCUT2D eigenvalue weighted by Crippen LogP contribution is -2.50. The molecule has 0 spiro atoms. The molecule has 0 bridgehead atoms. The molecule has 3 heteroatoms. The van der Waals surface area contributed by atoms with Crippen LogP contribution in [-0.4, -0.2) is 35.1 Å². The van der Waals surface area contributed by atoms with E-state index in [0.717, 1.165) is 25.2 Å².